The topological polar surface area (TPSA) is 116 Å². The van der Waals surface area contributed by atoms with Gasteiger partial charge in [-0.05, 0) is 32.0 Å². The first-order valence-corrected chi connectivity index (χ1v) is 10.6. The molecule has 0 unspecified atom stereocenters. The fourth-order valence-electron chi connectivity index (χ4n) is 2.58. The number of hydrogen-bond acceptors (Lipinski definition) is 9. The number of methoxy groups -OCH3 is 2. The molecule has 0 aliphatic carbocycles. The number of aryl methyl sites for hydroxylation is 2. The van der Waals surface area contributed by atoms with Gasteiger partial charge in [0.1, 0.15) is 11.5 Å². The molecule has 3 aromatic rings. The van der Waals surface area contributed by atoms with Crippen molar-refractivity contribution in [1.29, 1.82) is 0 Å². The van der Waals surface area contributed by atoms with Gasteiger partial charge >= 0.3 is 0 Å². The number of anilines is 2. The van der Waals surface area contributed by atoms with Crippen molar-refractivity contribution < 1.29 is 23.5 Å². The minimum atomic E-state index is -0.316. The van der Waals surface area contributed by atoms with Gasteiger partial charge in [0, 0.05) is 11.8 Å². The molecule has 9 nitrogen and oxygen atoms in total. The molecule has 2 amide bonds. The smallest absolute Gasteiger partial charge is 0.261 e. The maximum atomic E-state index is 12.3. The van der Waals surface area contributed by atoms with Gasteiger partial charge in [0.2, 0.25) is 11.0 Å². The van der Waals surface area contributed by atoms with E-state index in [2.05, 4.69) is 20.8 Å². The van der Waals surface area contributed by atoms with Crippen molar-refractivity contribution in [3.63, 3.8) is 0 Å². The van der Waals surface area contributed by atoms with E-state index in [1.807, 2.05) is 0 Å². The summed E-state index contributed by atoms with van der Waals surface area (Å²) in [6, 6.07) is 6.78. The fraction of sp³-hybridized carbons (Fsp3) is 0.263. The molecule has 158 valence electrons. The Morgan fingerprint density at radius 1 is 1.10 bits per heavy atom. The summed E-state index contributed by atoms with van der Waals surface area (Å²) in [5, 5.41) is 13.8. The summed E-state index contributed by atoms with van der Waals surface area (Å²) >= 11 is 2.41. The SMILES string of the molecule is COc1ccc(NC(=O)CSc2nnc(NC(=O)c3cc(C)oc3C)s2)cc1OC. The second-order valence-corrected chi connectivity index (χ2v) is 8.26. The highest BCUT2D eigenvalue weighted by Gasteiger charge is 2.16. The van der Waals surface area contributed by atoms with E-state index in [9.17, 15) is 9.59 Å². The third-order valence-electron chi connectivity index (χ3n) is 3.91. The number of nitrogens with zero attached hydrogens (tertiary/aromatic N) is 2. The van der Waals surface area contributed by atoms with E-state index in [1.165, 1.54) is 30.2 Å². The number of carbonyl (C=O) groups excluding carboxylic acids is 2. The minimum Gasteiger partial charge on any atom is -0.493 e. The highest BCUT2D eigenvalue weighted by atomic mass is 32.2. The molecule has 2 aromatic heterocycles. The van der Waals surface area contributed by atoms with Crippen LogP contribution in [0.15, 0.2) is 33.0 Å². The number of hydrogen-bond donors (Lipinski definition) is 2. The van der Waals surface area contributed by atoms with Crippen molar-refractivity contribution in [1.82, 2.24) is 10.2 Å². The van der Waals surface area contributed by atoms with Crippen LogP contribution in [0.4, 0.5) is 10.8 Å². The van der Waals surface area contributed by atoms with E-state index in [0.29, 0.717) is 43.7 Å². The van der Waals surface area contributed by atoms with Gasteiger partial charge in [0.05, 0.1) is 25.5 Å². The zero-order valence-electron chi connectivity index (χ0n) is 16.8. The van der Waals surface area contributed by atoms with Crippen LogP contribution in [-0.2, 0) is 4.79 Å². The van der Waals surface area contributed by atoms with Crippen LogP contribution in [0.5, 0.6) is 11.5 Å². The largest absolute Gasteiger partial charge is 0.493 e. The maximum absolute atomic E-state index is 12.3. The second-order valence-electron chi connectivity index (χ2n) is 6.06. The van der Waals surface area contributed by atoms with Gasteiger partial charge in [-0.3, -0.25) is 14.9 Å². The monoisotopic (exact) mass is 448 g/mol. The van der Waals surface area contributed by atoms with Crippen LogP contribution in [0.2, 0.25) is 0 Å². The van der Waals surface area contributed by atoms with E-state index in [0.717, 1.165) is 0 Å². The predicted octanol–water partition coefficient (Wildman–Crippen LogP) is 3.75. The molecule has 1 aromatic carbocycles. The van der Waals surface area contributed by atoms with Crippen LogP contribution in [0, 0.1) is 13.8 Å². The second kappa shape index (κ2) is 9.63. The van der Waals surface area contributed by atoms with Crippen molar-refractivity contribution in [3.8, 4) is 11.5 Å². The van der Waals surface area contributed by atoms with Gasteiger partial charge in [-0.25, -0.2) is 0 Å². The Kier molecular flexibility index (Phi) is 6.95. The third-order valence-corrected chi connectivity index (χ3v) is 5.88. The van der Waals surface area contributed by atoms with Crippen LogP contribution < -0.4 is 20.1 Å². The van der Waals surface area contributed by atoms with Gasteiger partial charge < -0.3 is 19.2 Å². The van der Waals surface area contributed by atoms with E-state index >= 15 is 0 Å². The molecule has 0 atom stereocenters. The number of ether oxygens (including phenoxy) is 2. The standard InChI is InChI=1S/C19H20N4O5S2/c1-10-7-13(11(2)28-10)17(25)21-18-22-23-19(30-18)29-9-16(24)20-12-5-6-14(26-3)15(8-12)27-4/h5-8H,9H2,1-4H3,(H,20,24)(H,21,22,25). The van der Waals surface area contributed by atoms with Crippen LogP contribution in [0.1, 0.15) is 21.9 Å². The summed E-state index contributed by atoms with van der Waals surface area (Å²) in [5.41, 5.74) is 1.04. The number of thioether (sulfide) groups is 1. The van der Waals surface area contributed by atoms with Crippen LogP contribution in [-0.4, -0.2) is 42.0 Å². The molecule has 0 spiro atoms. The molecule has 30 heavy (non-hydrogen) atoms. The first kappa shape index (κ1) is 21.7. The van der Waals surface area contributed by atoms with Crippen molar-refractivity contribution in [2.24, 2.45) is 0 Å². The lowest BCUT2D eigenvalue weighted by Gasteiger charge is -2.10. The quantitative estimate of drug-likeness (QED) is 0.395. The summed E-state index contributed by atoms with van der Waals surface area (Å²) in [6.45, 7) is 3.50. The van der Waals surface area contributed by atoms with E-state index in [-0.39, 0.29) is 17.6 Å². The van der Waals surface area contributed by atoms with Crippen molar-refractivity contribution in [3.05, 3.63) is 41.3 Å². The van der Waals surface area contributed by atoms with E-state index < -0.39 is 0 Å². The Hall–Kier alpha value is -3.05. The highest BCUT2D eigenvalue weighted by molar-refractivity contribution is 8.01. The van der Waals surface area contributed by atoms with Crippen molar-refractivity contribution >= 4 is 45.7 Å². The van der Waals surface area contributed by atoms with Gasteiger partial charge in [-0.15, -0.1) is 10.2 Å². The molecule has 0 saturated carbocycles. The zero-order valence-corrected chi connectivity index (χ0v) is 18.4. The number of rotatable bonds is 8. The number of nitrogens with one attached hydrogen (secondary N) is 2. The maximum Gasteiger partial charge on any atom is 0.261 e. The zero-order chi connectivity index (χ0) is 21.7. The number of furan rings is 1. The van der Waals surface area contributed by atoms with Crippen LogP contribution in [0.25, 0.3) is 0 Å². The lowest BCUT2D eigenvalue weighted by atomic mass is 10.2. The summed E-state index contributed by atoms with van der Waals surface area (Å²) in [6.07, 6.45) is 0. The normalized spacial score (nSPS) is 10.5. The molecule has 0 fully saturated rings. The summed E-state index contributed by atoms with van der Waals surface area (Å²) < 4.78 is 16.3. The minimum absolute atomic E-state index is 0.136. The summed E-state index contributed by atoms with van der Waals surface area (Å²) in [7, 11) is 3.07. The lowest BCUT2D eigenvalue weighted by molar-refractivity contribution is -0.113. The third kappa shape index (κ3) is 5.30. The van der Waals surface area contributed by atoms with Crippen molar-refractivity contribution in [2.75, 3.05) is 30.6 Å². The first-order valence-electron chi connectivity index (χ1n) is 8.76. The van der Waals surface area contributed by atoms with Gasteiger partial charge in [0.25, 0.3) is 5.91 Å². The van der Waals surface area contributed by atoms with Gasteiger partial charge in [-0.1, -0.05) is 23.1 Å². The Morgan fingerprint density at radius 3 is 2.53 bits per heavy atom. The van der Waals surface area contributed by atoms with E-state index in [1.54, 1.807) is 45.2 Å². The van der Waals surface area contributed by atoms with Crippen LogP contribution in [0.3, 0.4) is 0 Å². The predicted molar refractivity (Wildman–Crippen MR) is 115 cm³/mol. The first-order chi connectivity index (χ1) is 14.4. The molecule has 0 aliphatic rings. The average Bonchev–Trinajstić information content (AvgIpc) is 3.31. The van der Waals surface area contributed by atoms with Crippen molar-refractivity contribution in [2.45, 2.75) is 18.2 Å². The molecule has 11 heteroatoms. The molecule has 0 radical (unpaired) electrons. The Balaban J connectivity index is 1.53. The number of aromatic nitrogens is 2. The molecule has 0 aliphatic heterocycles. The van der Waals surface area contributed by atoms with E-state index in [4.69, 9.17) is 13.9 Å². The number of amides is 2. The number of carbonyl (C=O) groups is 2. The number of benzene rings is 1. The summed E-state index contributed by atoms with van der Waals surface area (Å²) in [5.74, 6) is 1.91. The highest BCUT2D eigenvalue weighted by Crippen LogP contribution is 2.30. The average molecular weight is 449 g/mol. The molecule has 2 N–H and O–H groups in total. The molecule has 2 heterocycles. The summed E-state index contributed by atoms with van der Waals surface area (Å²) in [4.78, 5) is 24.5. The van der Waals surface area contributed by atoms with Gasteiger partial charge in [0.15, 0.2) is 15.8 Å². The van der Waals surface area contributed by atoms with Gasteiger partial charge in [-0.2, -0.15) is 0 Å². The molecule has 0 saturated heterocycles. The molecular weight excluding hydrogens is 428 g/mol. The molecule has 3 rings (SSSR count). The molecular formula is C19H20N4O5S2. The molecule has 0 bridgehead atoms. The Labute approximate surface area is 181 Å². The Morgan fingerprint density at radius 2 is 1.87 bits per heavy atom. The van der Waals surface area contributed by atoms with Crippen LogP contribution >= 0.6 is 23.1 Å². The Bertz CT molecular complexity index is 1060. The fourth-order valence-corrected chi connectivity index (χ4v) is 4.12. The lowest BCUT2D eigenvalue weighted by Crippen LogP contribution is -2.14.